The number of rotatable bonds is 8. The maximum atomic E-state index is 12.3. The first-order valence-electron chi connectivity index (χ1n) is 8.39. The molecule has 2 aromatic rings. The minimum Gasteiger partial charge on any atom is -0.497 e. The molecule has 7 nitrogen and oxygen atoms in total. The number of hydrogen-bond acceptors (Lipinski definition) is 5. The summed E-state index contributed by atoms with van der Waals surface area (Å²) in [6, 6.07) is 10.9. The van der Waals surface area contributed by atoms with Crippen LogP contribution < -0.4 is 20.7 Å². The Balaban J connectivity index is 1.84. The van der Waals surface area contributed by atoms with Crippen LogP contribution in [0.5, 0.6) is 5.75 Å². The molecule has 0 spiro atoms. The van der Waals surface area contributed by atoms with E-state index in [1.54, 1.807) is 25.4 Å². The molecule has 7 heteroatoms. The quantitative estimate of drug-likeness (QED) is 0.672. The fourth-order valence-corrected chi connectivity index (χ4v) is 2.24. The molecule has 138 valence electrons. The Hall–Kier alpha value is -3.09. The maximum absolute atomic E-state index is 12.3. The van der Waals surface area contributed by atoms with Gasteiger partial charge < -0.3 is 20.7 Å². The van der Waals surface area contributed by atoms with Crippen molar-refractivity contribution >= 4 is 17.6 Å². The lowest BCUT2D eigenvalue weighted by molar-refractivity contribution is -0.120. The van der Waals surface area contributed by atoms with Gasteiger partial charge in [-0.1, -0.05) is 12.1 Å². The first-order valence-corrected chi connectivity index (χ1v) is 8.39. The average Bonchev–Trinajstić information content (AvgIpc) is 2.64. The van der Waals surface area contributed by atoms with E-state index in [1.807, 2.05) is 38.1 Å². The van der Waals surface area contributed by atoms with Crippen LogP contribution in [-0.4, -0.2) is 36.5 Å². The summed E-state index contributed by atoms with van der Waals surface area (Å²) in [4.78, 5) is 28.4. The minimum absolute atomic E-state index is 0.106. The Morgan fingerprint density at radius 1 is 1.12 bits per heavy atom. The van der Waals surface area contributed by atoms with Crippen LogP contribution in [0.15, 0.2) is 42.6 Å². The predicted molar refractivity (Wildman–Crippen MR) is 100 cm³/mol. The molecule has 1 heterocycles. The zero-order valence-corrected chi connectivity index (χ0v) is 15.2. The molecule has 1 aromatic heterocycles. The third-order valence-corrected chi connectivity index (χ3v) is 3.54. The molecule has 0 saturated heterocycles. The van der Waals surface area contributed by atoms with Crippen molar-refractivity contribution < 1.29 is 14.3 Å². The third-order valence-electron chi connectivity index (χ3n) is 3.54. The number of nitrogens with one attached hydrogen (secondary N) is 3. The van der Waals surface area contributed by atoms with Gasteiger partial charge in [0.1, 0.15) is 11.6 Å². The van der Waals surface area contributed by atoms with E-state index in [0.717, 1.165) is 11.3 Å². The number of ether oxygens (including phenoxy) is 1. The first-order chi connectivity index (χ1) is 12.5. The number of hydrogen-bond donors (Lipinski definition) is 3. The number of pyridine rings is 1. The van der Waals surface area contributed by atoms with Gasteiger partial charge >= 0.3 is 0 Å². The number of anilines is 1. The summed E-state index contributed by atoms with van der Waals surface area (Å²) in [7, 11) is 1.60. The van der Waals surface area contributed by atoms with Crippen molar-refractivity contribution in [2.45, 2.75) is 26.4 Å². The van der Waals surface area contributed by atoms with E-state index in [-0.39, 0.29) is 24.4 Å². The van der Waals surface area contributed by atoms with Crippen LogP contribution in [0.2, 0.25) is 0 Å². The lowest BCUT2D eigenvalue weighted by Crippen LogP contribution is -2.37. The molecule has 0 saturated carbocycles. The van der Waals surface area contributed by atoms with Gasteiger partial charge in [-0.25, -0.2) is 4.98 Å². The molecule has 2 amide bonds. The number of amides is 2. The van der Waals surface area contributed by atoms with E-state index in [1.165, 1.54) is 0 Å². The summed E-state index contributed by atoms with van der Waals surface area (Å²) in [5.41, 5.74) is 1.35. The largest absolute Gasteiger partial charge is 0.497 e. The fourth-order valence-electron chi connectivity index (χ4n) is 2.24. The van der Waals surface area contributed by atoms with E-state index < -0.39 is 0 Å². The molecule has 3 N–H and O–H groups in total. The Morgan fingerprint density at radius 2 is 1.85 bits per heavy atom. The van der Waals surface area contributed by atoms with Crippen LogP contribution in [0.3, 0.4) is 0 Å². The van der Waals surface area contributed by atoms with Crippen molar-refractivity contribution in [3.05, 3.63) is 53.7 Å². The van der Waals surface area contributed by atoms with Crippen LogP contribution in [-0.2, 0) is 11.3 Å². The predicted octanol–water partition coefficient (Wildman–Crippen LogP) is 1.96. The molecule has 0 bridgehead atoms. The van der Waals surface area contributed by atoms with E-state index >= 15 is 0 Å². The normalized spacial score (nSPS) is 10.3. The van der Waals surface area contributed by atoms with Gasteiger partial charge in [-0.15, -0.1) is 0 Å². The van der Waals surface area contributed by atoms with Gasteiger partial charge in [-0.2, -0.15) is 0 Å². The molecule has 0 fully saturated rings. The Bertz CT molecular complexity index is 745. The van der Waals surface area contributed by atoms with Crippen molar-refractivity contribution in [1.29, 1.82) is 0 Å². The fraction of sp³-hybridized carbons (Fsp3) is 0.316. The van der Waals surface area contributed by atoms with E-state index in [0.29, 0.717) is 17.9 Å². The number of carbonyl (C=O) groups is 2. The molecule has 2 rings (SSSR count). The molecule has 0 aliphatic carbocycles. The average molecular weight is 356 g/mol. The van der Waals surface area contributed by atoms with Crippen LogP contribution in [0.25, 0.3) is 0 Å². The van der Waals surface area contributed by atoms with Gasteiger partial charge in [0.2, 0.25) is 5.91 Å². The highest BCUT2D eigenvalue weighted by atomic mass is 16.5. The zero-order valence-electron chi connectivity index (χ0n) is 15.2. The highest BCUT2D eigenvalue weighted by Crippen LogP contribution is 2.12. The van der Waals surface area contributed by atoms with Gasteiger partial charge in [0, 0.05) is 18.8 Å². The highest BCUT2D eigenvalue weighted by molar-refractivity contribution is 6.00. The molecule has 0 unspecified atom stereocenters. The lowest BCUT2D eigenvalue weighted by Gasteiger charge is -2.13. The number of methoxy groups -OCH3 is 1. The van der Waals surface area contributed by atoms with Gasteiger partial charge in [0.05, 0.1) is 19.2 Å². The van der Waals surface area contributed by atoms with Gasteiger partial charge in [0.25, 0.3) is 5.91 Å². The molecule has 26 heavy (non-hydrogen) atoms. The second-order valence-corrected chi connectivity index (χ2v) is 6.01. The van der Waals surface area contributed by atoms with Crippen LogP contribution in [0, 0.1) is 0 Å². The third kappa shape index (κ3) is 5.77. The molecular formula is C19H24N4O3. The second-order valence-electron chi connectivity index (χ2n) is 6.01. The van der Waals surface area contributed by atoms with Crippen molar-refractivity contribution in [3.63, 3.8) is 0 Å². The van der Waals surface area contributed by atoms with Gasteiger partial charge in [-0.05, 0) is 43.7 Å². The van der Waals surface area contributed by atoms with Gasteiger partial charge in [0.15, 0.2) is 0 Å². The maximum Gasteiger partial charge on any atom is 0.255 e. The number of aromatic nitrogens is 1. The van der Waals surface area contributed by atoms with Crippen LogP contribution in [0.1, 0.15) is 29.8 Å². The molecule has 0 aliphatic rings. The van der Waals surface area contributed by atoms with E-state index in [2.05, 4.69) is 20.9 Å². The zero-order chi connectivity index (χ0) is 18.9. The van der Waals surface area contributed by atoms with Crippen molar-refractivity contribution in [2.75, 3.05) is 19.0 Å². The Labute approximate surface area is 153 Å². The standard InChI is InChI=1S/C19H24N4O3/c1-13(2)23-18-16(5-4-10-20-18)19(25)22-12-17(24)21-11-14-6-8-15(26-3)9-7-14/h4-10,13H,11-12H2,1-3H3,(H,20,23)(H,21,24)(H,22,25). The minimum atomic E-state index is -0.346. The number of carbonyl (C=O) groups excluding carboxylic acids is 2. The molecular weight excluding hydrogens is 332 g/mol. The number of nitrogens with zero attached hydrogens (tertiary/aromatic N) is 1. The summed E-state index contributed by atoms with van der Waals surface area (Å²) in [6.07, 6.45) is 1.61. The smallest absolute Gasteiger partial charge is 0.255 e. The first kappa shape index (κ1) is 19.2. The summed E-state index contributed by atoms with van der Waals surface area (Å²) in [6.45, 7) is 4.20. The molecule has 0 radical (unpaired) electrons. The van der Waals surface area contributed by atoms with Crippen molar-refractivity contribution in [3.8, 4) is 5.75 Å². The summed E-state index contributed by atoms with van der Waals surface area (Å²) >= 11 is 0. The van der Waals surface area contributed by atoms with E-state index in [9.17, 15) is 9.59 Å². The lowest BCUT2D eigenvalue weighted by atomic mass is 10.2. The van der Waals surface area contributed by atoms with Crippen molar-refractivity contribution in [2.24, 2.45) is 0 Å². The monoisotopic (exact) mass is 356 g/mol. The van der Waals surface area contributed by atoms with Crippen LogP contribution in [0.4, 0.5) is 5.82 Å². The second kappa shape index (κ2) is 9.41. The summed E-state index contributed by atoms with van der Waals surface area (Å²) < 4.78 is 5.09. The van der Waals surface area contributed by atoms with Crippen molar-refractivity contribution in [1.82, 2.24) is 15.6 Å². The number of benzene rings is 1. The van der Waals surface area contributed by atoms with E-state index in [4.69, 9.17) is 4.74 Å². The Morgan fingerprint density at radius 3 is 2.50 bits per heavy atom. The summed E-state index contributed by atoms with van der Waals surface area (Å²) in [5, 5.41) is 8.50. The topological polar surface area (TPSA) is 92.4 Å². The SMILES string of the molecule is COc1ccc(CNC(=O)CNC(=O)c2cccnc2NC(C)C)cc1. The van der Waals surface area contributed by atoms with Crippen LogP contribution >= 0.6 is 0 Å². The summed E-state index contributed by atoms with van der Waals surface area (Å²) in [5.74, 6) is 0.644. The molecule has 1 aromatic carbocycles. The molecule has 0 aliphatic heterocycles. The highest BCUT2D eigenvalue weighted by Gasteiger charge is 2.13. The molecule has 0 atom stereocenters. The van der Waals surface area contributed by atoms with Gasteiger partial charge in [-0.3, -0.25) is 9.59 Å². The Kier molecular flexibility index (Phi) is 6.96.